The number of amides is 2. The molecule has 0 spiro atoms. The molecule has 3 rings (SSSR count). The zero-order chi connectivity index (χ0) is 33.0. The van der Waals surface area contributed by atoms with Gasteiger partial charge in [0.2, 0.25) is 0 Å². The smallest absolute Gasteiger partial charge is 0.430 e. The van der Waals surface area contributed by atoms with E-state index in [2.05, 4.69) is 15.0 Å². The lowest BCUT2D eigenvalue weighted by atomic mass is 10.1. The number of alkyl halides is 3. The first-order valence-corrected chi connectivity index (χ1v) is 15.3. The summed E-state index contributed by atoms with van der Waals surface area (Å²) in [5.74, 6) is -1.66. The molecule has 0 bridgehead atoms. The van der Waals surface area contributed by atoms with Gasteiger partial charge in [-0.05, 0) is 51.5 Å². The average molecular weight is 682 g/mol. The topological polar surface area (TPSA) is 144 Å². The fraction of sp³-hybridized carbons (Fsp3) is 0.346. The van der Waals surface area contributed by atoms with E-state index in [1.165, 1.54) is 43.6 Å². The molecule has 2 aromatic carbocycles. The third-order valence-electron chi connectivity index (χ3n) is 5.61. The van der Waals surface area contributed by atoms with Crippen LogP contribution in [0.4, 0.5) is 50.0 Å². The molecule has 3 aromatic rings. The van der Waals surface area contributed by atoms with Gasteiger partial charge in [-0.15, -0.1) is 15.6 Å². The van der Waals surface area contributed by atoms with Gasteiger partial charge >= 0.3 is 18.4 Å². The highest BCUT2D eigenvalue weighted by atomic mass is 35.5. The van der Waals surface area contributed by atoms with Gasteiger partial charge in [0.15, 0.2) is 5.82 Å². The first kappa shape index (κ1) is 34.7. The summed E-state index contributed by atoms with van der Waals surface area (Å²) in [5.41, 5.74) is 4.01. The standard InChI is InChI=1S/C26H28ClF4N5O6S2/c1-25(2,3)42-24(38)36(22-13-43-14-33-22)44(39,40)21-11-16(27)19(12-17(21)28)34-18-7-6-15(26(29,30)31)10-20(18)35(4)8-5-9-41-23(32)37/h6-7,10-14,34H,5,8-9H2,1-4H3,(H2,32,37). The van der Waals surface area contributed by atoms with Crippen LogP contribution in [0.25, 0.3) is 0 Å². The van der Waals surface area contributed by atoms with Gasteiger partial charge < -0.3 is 25.4 Å². The second kappa shape index (κ2) is 13.4. The second-order valence-electron chi connectivity index (χ2n) is 10.2. The third kappa shape index (κ3) is 8.63. The van der Waals surface area contributed by atoms with Crippen LogP contribution in [0.2, 0.25) is 5.02 Å². The summed E-state index contributed by atoms with van der Waals surface area (Å²) in [5, 5.41) is 3.65. The third-order valence-corrected chi connectivity index (χ3v) is 8.19. The average Bonchev–Trinajstić information content (AvgIpc) is 3.40. The zero-order valence-electron chi connectivity index (χ0n) is 23.7. The van der Waals surface area contributed by atoms with Gasteiger partial charge in [-0.2, -0.15) is 13.2 Å². The summed E-state index contributed by atoms with van der Waals surface area (Å²) in [6.45, 7) is 4.57. The van der Waals surface area contributed by atoms with E-state index < -0.39 is 50.3 Å². The quantitative estimate of drug-likeness (QED) is 0.175. The number of halogens is 5. The van der Waals surface area contributed by atoms with Crippen molar-refractivity contribution in [3.8, 4) is 0 Å². The highest BCUT2D eigenvalue weighted by molar-refractivity contribution is 7.93. The summed E-state index contributed by atoms with van der Waals surface area (Å²) in [6.07, 6.45) is -6.80. The molecule has 0 saturated heterocycles. The van der Waals surface area contributed by atoms with Gasteiger partial charge in [0.1, 0.15) is 16.3 Å². The zero-order valence-corrected chi connectivity index (χ0v) is 26.1. The number of aromatic nitrogens is 1. The SMILES string of the molecule is CN(CCCOC(N)=O)c1cc(C(F)(F)F)ccc1Nc1cc(F)c(S(=O)(=O)N(C(=O)OC(C)(C)C)c2cscn2)cc1Cl. The van der Waals surface area contributed by atoms with Crippen molar-refractivity contribution in [2.24, 2.45) is 5.73 Å². The predicted molar refractivity (Wildman–Crippen MR) is 158 cm³/mol. The molecular weight excluding hydrogens is 654 g/mol. The molecule has 44 heavy (non-hydrogen) atoms. The van der Waals surface area contributed by atoms with Crippen LogP contribution in [0, 0.1) is 5.82 Å². The van der Waals surface area contributed by atoms with Crippen molar-refractivity contribution in [3.63, 3.8) is 0 Å². The van der Waals surface area contributed by atoms with E-state index in [4.69, 9.17) is 22.1 Å². The first-order valence-electron chi connectivity index (χ1n) is 12.6. The van der Waals surface area contributed by atoms with Crippen molar-refractivity contribution < 1.29 is 45.0 Å². The second-order valence-corrected chi connectivity index (χ2v) is 13.0. The number of thiazole rings is 1. The molecule has 0 aliphatic heterocycles. The lowest BCUT2D eigenvalue weighted by Crippen LogP contribution is -2.41. The molecule has 1 aromatic heterocycles. The number of nitrogens with one attached hydrogen (secondary N) is 1. The van der Waals surface area contributed by atoms with Crippen molar-refractivity contribution in [1.82, 2.24) is 4.98 Å². The number of anilines is 4. The minimum atomic E-state index is -4.96. The van der Waals surface area contributed by atoms with Crippen LogP contribution < -0.4 is 20.3 Å². The fourth-order valence-corrected chi connectivity index (χ4v) is 5.92. The molecule has 0 aliphatic carbocycles. The molecule has 11 nitrogen and oxygen atoms in total. The molecule has 18 heteroatoms. The van der Waals surface area contributed by atoms with Gasteiger partial charge in [0, 0.05) is 25.0 Å². The van der Waals surface area contributed by atoms with Crippen LogP contribution in [-0.4, -0.2) is 51.4 Å². The highest BCUT2D eigenvalue weighted by Crippen LogP contribution is 2.39. The van der Waals surface area contributed by atoms with E-state index in [9.17, 15) is 31.2 Å². The van der Waals surface area contributed by atoms with Crippen LogP contribution in [0.3, 0.4) is 0 Å². The van der Waals surface area contributed by atoms with E-state index in [1.54, 1.807) is 0 Å². The maximum atomic E-state index is 15.5. The maximum absolute atomic E-state index is 15.5. The number of nitrogens with two attached hydrogens (primary N) is 1. The minimum absolute atomic E-state index is 0.0201. The van der Waals surface area contributed by atoms with Gasteiger partial charge in [-0.25, -0.2) is 27.4 Å². The molecule has 0 saturated carbocycles. The Kier molecular flexibility index (Phi) is 10.6. The Morgan fingerprint density at radius 2 is 1.82 bits per heavy atom. The number of nitrogens with zero attached hydrogens (tertiary/aromatic N) is 3. The van der Waals surface area contributed by atoms with Crippen molar-refractivity contribution in [3.05, 3.63) is 57.6 Å². The van der Waals surface area contributed by atoms with Crippen LogP contribution in [0.1, 0.15) is 32.8 Å². The fourth-order valence-electron chi connectivity index (χ4n) is 3.71. The molecule has 3 N–H and O–H groups in total. The Bertz CT molecular complexity index is 1620. The van der Waals surface area contributed by atoms with Gasteiger partial charge in [0.25, 0.3) is 10.0 Å². The lowest BCUT2D eigenvalue weighted by molar-refractivity contribution is -0.137. The van der Waals surface area contributed by atoms with Crippen molar-refractivity contribution in [1.29, 1.82) is 0 Å². The Morgan fingerprint density at radius 3 is 2.39 bits per heavy atom. The number of sulfonamides is 1. The molecule has 0 radical (unpaired) electrons. The van der Waals surface area contributed by atoms with Crippen molar-refractivity contribution in [2.45, 2.75) is 43.9 Å². The van der Waals surface area contributed by atoms with Gasteiger partial charge in [-0.1, -0.05) is 11.6 Å². The number of benzene rings is 2. The maximum Gasteiger partial charge on any atom is 0.430 e. The number of hydrogen-bond acceptors (Lipinski definition) is 10. The number of carbonyl (C=O) groups excluding carboxylic acids is 2. The Balaban J connectivity index is 2.00. The van der Waals surface area contributed by atoms with Crippen LogP contribution in [-0.2, 0) is 25.7 Å². The van der Waals surface area contributed by atoms with Crippen LogP contribution >= 0.6 is 22.9 Å². The first-order chi connectivity index (χ1) is 20.3. The van der Waals surface area contributed by atoms with Crippen molar-refractivity contribution in [2.75, 3.05) is 34.7 Å². The Hall–Kier alpha value is -3.83. The van der Waals surface area contributed by atoms with E-state index in [1.807, 2.05) is 0 Å². The minimum Gasteiger partial charge on any atom is -0.450 e. The van der Waals surface area contributed by atoms with Crippen LogP contribution in [0.5, 0.6) is 0 Å². The van der Waals surface area contributed by atoms with E-state index in [0.29, 0.717) is 0 Å². The predicted octanol–water partition coefficient (Wildman–Crippen LogP) is 6.75. The van der Waals surface area contributed by atoms with Crippen LogP contribution in [0.15, 0.2) is 46.1 Å². The Labute approximate surface area is 259 Å². The van der Waals surface area contributed by atoms with E-state index >= 15 is 4.39 Å². The van der Waals surface area contributed by atoms with Crippen molar-refractivity contribution >= 4 is 68.0 Å². The summed E-state index contributed by atoms with van der Waals surface area (Å²) >= 11 is 7.33. The largest absolute Gasteiger partial charge is 0.450 e. The molecule has 240 valence electrons. The molecule has 1 heterocycles. The molecule has 0 aliphatic rings. The molecule has 0 fully saturated rings. The number of carbonyl (C=O) groups is 2. The summed E-state index contributed by atoms with van der Waals surface area (Å²) in [7, 11) is -3.48. The lowest BCUT2D eigenvalue weighted by Gasteiger charge is -2.26. The molecule has 0 atom stereocenters. The molecule has 2 amide bonds. The van der Waals surface area contributed by atoms with E-state index in [-0.39, 0.29) is 51.8 Å². The summed E-state index contributed by atoms with van der Waals surface area (Å²) in [6, 6.07) is 4.23. The van der Waals surface area contributed by atoms with Gasteiger partial charge in [0.05, 0.1) is 39.8 Å². The number of ether oxygens (including phenoxy) is 2. The molecule has 0 unspecified atom stereocenters. The summed E-state index contributed by atoms with van der Waals surface area (Å²) < 4.78 is 93.2. The highest BCUT2D eigenvalue weighted by Gasteiger charge is 2.38. The number of hydrogen-bond donors (Lipinski definition) is 2. The van der Waals surface area contributed by atoms with E-state index in [0.717, 1.165) is 41.7 Å². The van der Waals surface area contributed by atoms with Gasteiger partial charge in [-0.3, -0.25) is 0 Å². The molecular formula is C26H28ClF4N5O6S2. The summed E-state index contributed by atoms with van der Waals surface area (Å²) in [4.78, 5) is 28.0. The number of primary amides is 1. The normalized spacial score (nSPS) is 12.0. The Morgan fingerprint density at radius 1 is 1.14 bits per heavy atom. The monoisotopic (exact) mass is 681 g/mol. The number of rotatable bonds is 10.